The van der Waals surface area contributed by atoms with Crippen molar-refractivity contribution in [2.45, 2.75) is 26.4 Å². The molecule has 0 bridgehead atoms. The predicted octanol–water partition coefficient (Wildman–Crippen LogP) is 2.33. The average Bonchev–Trinajstić information content (AvgIpc) is 2.98. The highest BCUT2D eigenvalue weighted by Crippen LogP contribution is 2.18. The molecule has 0 unspecified atom stereocenters. The van der Waals surface area contributed by atoms with Crippen molar-refractivity contribution < 1.29 is 14.3 Å². The summed E-state index contributed by atoms with van der Waals surface area (Å²) >= 11 is 6.79. The Kier molecular flexibility index (Phi) is 5.40. The second-order valence-electron chi connectivity index (χ2n) is 4.28. The highest BCUT2D eigenvalue weighted by Gasteiger charge is 2.23. The van der Waals surface area contributed by atoms with Crippen LogP contribution in [0, 0.1) is 0 Å². The van der Waals surface area contributed by atoms with Crippen LogP contribution < -0.4 is 5.32 Å². The van der Waals surface area contributed by atoms with Gasteiger partial charge in [-0.2, -0.15) is 0 Å². The standard InChI is InChI=1S/C13H13ClN4O3S/c1-3-8-10(22-18-17-8)13(20)21-7(2)12(19)16-9-5-4-6-15-11(9)14/h4-7H,3H2,1-2H3,(H,16,19)/t7-/m1/s1. The summed E-state index contributed by atoms with van der Waals surface area (Å²) in [7, 11) is 0. The van der Waals surface area contributed by atoms with Crippen LogP contribution in [0.15, 0.2) is 18.3 Å². The van der Waals surface area contributed by atoms with Gasteiger partial charge >= 0.3 is 5.97 Å². The summed E-state index contributed by atoms with van der Waals surface area (Å²) in [6, 6.07) is 3.23. The van der Waals surface area contributed by atoms with Gasteiger partial charge in [-0.1, -0.05) is 23.0 Å². The summed E-state index contributed by atoms with van der Waals surface area (Å²) in [4.78, 5) is 28.2. The van der Waals surface area contributed by atoms with Crippen molar-refractivity contribution in [2.24, 2.45) is 0 Å². The van der Waals surface area contributed by atoms with E-state index >= 15 is 0 Å². The van der Waals surface area contributed by atoms with Gasteiger partial charge in [0, 0.05) is 6.20 Å². The topological polar surface area (TPSA) is 94.1 Å². The highest BCUT2D eigenvalue weighted by atomic mass is 35.5. The minimum Gasteiger partial charge on any atom is -0.448 e. The molecular formula is C13H13ClN4O3S. The molecule has 0 spiro atoms. The van der Waals surface area contributed by atoms with E-state index in [0.717, 1.165) is 11.5 Å². The van der Waals surface area contributed by atoms with Crippen LogP contribution in [0.4, 0.5) is 5.69 Å². The van der Waals surface area contributed by atoms with Gasteiger partial charge in [0.1, 0.15) is 0 Å². The van der Waals surface area contributed by atoms with Crippen LogP contribution in [0.5, 0.6) is 0 Å². The fourth-order valence-corrected chi connectivity index (χ4v) is 2.38. The molecule has 2 rings (SSSR count). The van der Waals surface area contributed by atoms with Gasteiger partial charge in [0.25, 0.3) is 5.91 Å². The number of nitrogens with zero attached hydrogens (tertiary/aromatic N) is 3. The molecule has 0 aromatic carbocycles. The first-order valence-corrected chi connectivity index (χ1v) is 7.61. The van der Waals surface area contributed by atoms with E-state index in [1.807, 2.05) is 6.92 Å². The van der Waals surface area contributed by atoms with Crippen LogP contribution in [0.1, 0.15) is 29.2 Å². The molecule has 0 aliphatic heterocycles. The van der Waals surface area contributed by atoms with Gasteiger partial charge in [-0.15, -0.1) is 5.10 Å². The molecule has 9 heteroatoms. The number of pyridine rings is 1. The minimum absolute atomic E-state index is 0.161. The van der Waals surface area contributed by atoms with E-state index in [2.05, 4.69) is 19.9 Å². The Hall–Kier alpha value is -2.06. The second-order valence-corrected chi connectivity index (χ2v) is 5.39. The summed E-state index contributed by atoms with van der Waals surface area (Å²) in [5.41, 5.74) is 0.906. The number of hydrogen-bond acceptors (Lipinski definition) is 7. The molecule has 0 saturated carbocycles. The number of ether oxygens (including phenoxy) is 1. The van der Waals surface area contributed by atoms with Crippen LogP contribution >= 0.6 is 23.1 Å². The fourth-order valence-electron chi connectivity index (χ4n) is 1.58. The summed E-state index contributed by atoms with van der Waals surface area (Å²) in [6.07, 6.45) is 1.08. The predicted molar refractivity (Wildman–Crippen MR) is 82.0 cm³/mol. The number of nitrogens with one attached hydrogen (secondary N) is 1. The maximum absolute atomic E-state index is 12.0. The van der Waals surface area contributed by atoms with Gasteiger partial charge in [0.15, 0.2) is 16.1 Å². The highest BCUT2D eigenvalue weighted by molar-refractivity contribution is 7.07. The molecule has 0 saturated heterocycles. The molecule has 2 aromatic rings. The SMILES string of the molecule is CCc1nnsc1C(=O)O[C@H](C)C(=O)Nc1cccnc1Cl. The van der Waals surface area contributed by atoms with Gasteiger partial charge in [0.2, 0.25) is 0 Å². The van der Waals surface area contributed by atoms with Gasteiger partial charge in [0.05, 0.1) is 11.4 Å². The largest absolute Gasteiger partial charge is 0.448 e. The van der Waals surface area contributed by atoms with Crippen molar-refractivity contribution >= 4 is 40.7 Å². The Balaban J connectivity index is 2.00. The zero-order valence-corrected chi connectivity index (χ0v) is 13.4. The summed E-state index contributed by atoms with van der Waals surface area (Å²) in [5.74, 6) is -1.12. The molecule has 0 aliphatic carbocycles. The fraction of sp³-hybridized carbons (Fsp3) is 0.308. The Labute approximate surface area is 135 Å². The van der Waals surface area contributed by atoms with Crippen molar-refractivity contribution in [3.05, 3.63) is 34.1 Å². The number of carbonyl (C=O) groups excluding carboxylic acids is 2. The first kappa shape index (κ1) is 16.3. The van der Waals surface area contributed by atoms with Gasteiger partial charge in [-0.3, -0.25) is 4.79 Å². The normalized spacial score (nSPS) is 11.8. The summed E-state index contributed by atoms with van der Waals surface area (Å²) in [6.45, 7) is 3.33. The van der Waals surface area contributed by atoms with E-state index in [0.29, 0.717) is 22.7 Å². The molecule has 2 aromatic heterocycles. The molecule has 0 radical (unpaired) electrons. The molecule has 116 valence electrons. The maximum atomic E-state index is 12.0. The summed E-state index contributed by atoms with van der Waals surface area (Å²) < 4.78 is 8.84. The molecule has 1 atom stereocenters. The number of aromatic nitrogens is 3. The van der Waals surface area contributed by atoms with Crippen molar-refractivity contribution in [2.75, 3.05) is 5.32 Å². The molecule has 0 aliphatic rings. The Morgan fingerprint density at radius 3 is 2.95 bits per heavy atom. The number of halogens is 1. The van der Waals surface area contributed by atoms with Crippen LogP contribution in [-0.4, -0.2) is 32.6 Å². The molecule has 1 amide bonds. The monoisotopic (exact) mass is 340 g/mol. The second kappa shape index (κ2) is 7.28. The number of rotatable bonds is 5. The molecule has 2 heterocycles. The van der Waals surface area contributed by atoms with Crippen LogP contribution in [0.2, 0.25) is 5.15 Å². The van der Waals surface area contributed by atoms with Crippen LogP contribution in [0.25, 0.3) is 0 Å². The van der Waals surface area contributed by atoms with Crippen molar-refractivity contribution in [1.82, 2.24) is 14.6 Å². The zero-order valence-electron chi connectivity index (χ0n) is 11.9. The van der Waals surface area contributed by atoms with Gasteiger partial charge in [-0.05, 0) is 37.0 Å². The third-order valence-corrected chi connectivity index (χ3v) is 3.80. The number of amides is 1. The lowest BCUT2D eigenvalue weighted by Crippen LogP contribution is -2.30. The lowest BCUT2D eigenvalue weighted by atomic mass is 10.3. The van der Waals surface area contributed by atoms with Crippen LogP contribution in [-0.2, 0) is 16.0 Å². The summed E-state index contributed by atoms with van der Waals surface area (Å²) in [5, 5.41) is 6.54. The van der Waals surface area contributed by atoms with Gasteiger partial charge < -0.3 is 10.1 Å². The third-order valence-electron chi connectivity index (χ3n) is 2.75. The number of carbonyl (C=O) groups is 2. The van der Waals surface area contributed by atoms with E-state index in [4.69, 9.17) is 16.3 Å². The number of anilines is 1. The number of hydrogen-bond donors (Lipinski definition) is 1. The first-order valence-electron chi connectivity index (χ1n) is 6.46. The lowest BCUT2D eigenvalue weighted by molar-refractivity contribution is -0.123. The quantitative estimate of drug-likeness (QED) is 0.663. The van der Waals surface area contributed by atoms with E-state index in [1.54, 1.807) is 12.1 Å². The first-order chi connectivity index (χ1) is 10.5. The van der Waals surface area contributed by atoms with Gasteiger partial charge in [-0.25, -0.2) is 9.78 Å². The Bertz CT molecular complexity index is 691. The van der Waals surface area contributed by atoms with E-state index in [1.165, 1.54) is 13.1 Å². The van der Waals surface area contributed by atoms with Crippen molar-refractivity contribution in [3.63, 3.8) is 0 Å². The Morgan fingerprint density at radius 2 is 2.27 bits per heavy atom. The smallest absolute Gasteiger partial charge is 0.352 e. The molecular weight excluding hydrogens is 328 g/mol. The number of esters is 1. The molecule has 22 heavy (non-hydrogen) atoms. The minimum atomic E-state index is -0.990. The van der Waals surface area contributed by atoms with E-state index < -0.39 is 18.0 Å². The Morgan fingerprint density at radius 1 is 1.50 bits per heavy atom. The van der Waals surface area contributed by atoms with Crippen molar-refractivity contribution in [1.29, 1.82) is 0 Å². The zero-order chi connectivity index (χ0) is 16.1. The average molecular weight is 341 g/mol. The van der Waals surface area contributed by atoms with E-state index in [-0.39, 0.29) is 5.15 Å². The van der Waals surface area contributed by atoms with Crippen LogP contribution in [0.3, 0.4) is 0 Å². The van der Waals surface area contributed by atoms with Crippen molar-refractivity contribution in [3.8, 4) is 0 Å². The number of aryl methyl sites for hydroxylation is 1. The van der Waals surface area contributed by atoms with E-state index in [9.17, 15) is 9.59 Å². The molecule has 0 fully saturated rings. The lowest BCUT2D eigenvalue weighted by Gasteiger charge is -2.13. The molecule has 7 nitrogen and oxygen atoms in total. The molecule has 1 N–H and O–H groups in total. The maximum Gasteiger partial charge on any atom is 0.352 e. The third kappa shape index (κ3) is 3.77.